The van der Waals surface area contributed by atoms with Crippen LogP contribution in [0.25, 0.3) is 0 Å². The van der Waals surface area contributed by atoms with Gasteiger partial charge < -0.3 is 14.5 Å². The maximum atomic E-state index is 5.56. The molecule has 1 atom stereocenters. The Morgan fingerprint density at radius 1 is 1.53 bits per heavy atom. The molecular weight excluding hydrogens is 216 g/mol. The van der Waals surface area contributed by atoms with Crippen LogP contribution in [0.2, 0.25) is 0 Å². The zero-order valence-electron chi connectivity index (χ0n) is 11.3. The van der Waals surface area contributed by atoms with Crippen molar-refractivity contribution in [3.05, 3.63) is 23.7 Å². The maximum absolute atomic E-state index is 5.56. The Kier molecular flexibility index (Phi) is 6.26. The van der Waals surface area contributed by atoms with Crippen LogP contribution in [-0.2, 0) is 17.8 Å². The lowest BCUT2D eigenvalue weighted by molar-refractivity contribution is 0.0933. The summed E-state index contributed by atoms with van der Waals surface area (Å²) in [5.41, 5.74) is 1.23. The lowest BCUT2D eigenvalue weighted by Crippen LogP contribution is -2.35. The zero-order chi connectivity index (χ0) is 12.7. The standard InChI is InChI=1S/C13H24N2O2/c1-5-15(11(2)10-16-4)9-13-12(8-14-3)6-7-17-13/h6-7,11,14H,5,8-10H2,1-4H3. The van der Waals surface area contributed by atoms with Gasteiger partial charge in [0.05, 0.1) is 19.4 Å². The van der Waals surface area contributed by atoms with Gasteiger partial charge in [0, 0.05) is 25.3 Å². The summed E-state index contributed by atoms with van der Waals surface area (Å²) < 4.78 is 10.8. The van der Waals surface area contributed by atoms with Crippen LogP contribution in [0, 0.1) is 0 Å². The number of likely N-dealkylation sites (N-methyl/N-ethyl adjacent to an activating group) is 1. The highest BCUT2D eigenvalue weighted by molar-refractivity contribution is 5.16. The Hall–Kier alpha value is -0.840. The highest BCUT2D eigenvalue weighted by Crippen LogP contribution is 2.15. The van der Waals surface area contributed by atoms with Crippen molar-refractivity contribution in [3.63, 3.8) is 0 Å². The Balaban J connectivity index is 2.63. The maximum Gasteiger partial charge on any atom is 0.122 e. The average molecular weight is 240 g/mol. The lowest BCUT2D eigenvalue weighted by Gasteiger charge is -2.26. The SMILES string of the molecule is CCN(Cc1occc1CNC)C(C)COC. The third-order valence-corrected chi connectivity index (χ3v) is 2.99. The van der Waals surface area contributed by atoms with Gasteiger partial charge in [-0.2, -0.15) is 0 Å². The molecule has 0 fully saturated rings. The van der Waals surface area contributed by atoms with E-state index in [1.807, 2.05) is 13.1 Å². The molecule has 1 aromatic rings. The number of furan rings is 1. The van der Waals surface area contributed by atoms with Gasteiger partial charge >= 0.3 is 0 Å². The molecule has 0 radical (unpaired) electrons. The molecular formula is C13H24N2O2. The van der Waals surface area contributed by atoms with Gasteiger partial charge in [-0.3, -0.25) is 4.90 Å². The highest BCUT2D eigenvalue weighted by Gasteiger charge is 2.15. The second-order valence-electron chi connectivity index (χ2n) is 4.27. The molecule has 0 saturated heterocycles. The van der Waals surface area contributed by atoms with E-state index in [0.29, 0.717) is 6.04 Å². The van der Waals surface area contributed by atoms with Gasteiger partial charge in [0.15, 0.2) is 0 Å². The molecule has 0 aromatic carbocycles. The molecule has 1 rings (SSSR count). The second-order valence-corrected chi connectivity index (χ2v) is 4.27. The van der Waals surface area contributed by atoms with Crippen LogP contribution >= 0.6 is 0 Å². The monoisotopic (exact) mass is 240 g/mol. The van der Waals surface area contributed by atoms with Crippen LogP contribution in [0.1, 0.15) is 25.2 Å². The third-order valence-electron chi connectivity index (χ3n) is 2.99. The van der Waals surface area contributed by atoms with Crippen molar-refractivity contribution in [3.8, 4) is 0 Å². The molecule has 17 heavy (non-hydrogen) atoms. The largest absolute Gasteiger partial charge is 0.468 e. The molecule has 0 aliphatic heterocycles. The van der Waals surface area contributed by atoms with Crippen molar-refractivity contribution >= 4 is 0 Å². The summed E-state index contributed by atoms with van der Waals surface area (Å²) in [6, 6.07) is 2.43. The summed E-state index contributed by atoms with van der Waals surface area (Å²) in [6.45, 7) is 7.76. The molecule has 4 nitrogen and oxygen atoms in total. The Bertz CT molecular complexity index is 312. The van der Waals surface area contributed by atoms with E-state index < -0.39 is 0 Å². The van der Waals surface area contributed by atoms with Gasteiger partial charge in [-0.05, 0) is 26.6 Å². The van der Waals surface area contributed by atoms with Crippen LogP contribution in [-0.4, -0.2) is 38.3 Å². The topological polar surface area (TPSA) is 37.6 Å². The van der Waals surface area contributed by atoms with Gasteiger partial charge in [-0.1, -0.05) is 6.92 Å². The fourth-order valence-corrected chi connectivity index (χ4v) is 1.96. The smallest absolute Gasteiger partial charge is 0.122 e. The fourth-order valence-electron chi connectivity index (χ4n) is 1.96. The molecule has 1 heterocycles. The summed E-state index contributed by atoms with van der Waals surface area (Å²) in [7, 11) is 3.69. The van der Waals surface area contributed by atoms with Gasteiger partial charge in [-0.25, -0.2) is 0 Å². The number of methoxy groups -OCH3 is 1. The van der Waals surface area contributed by atoms with Crippen molar-refractivity contribution in [2.45, 2.75) is 33.0 Å². The van der Waals surface area contributed by atoms with Gasteiger partial charge in [0.2, 0.25) is 0 Å². The van der Waals surface area contributed by atoms with Crippen molar-refractivity contribution in [2.75, 3.05) is 27.3 Å². The van der Waals surface area contributed by atoms with Crippen molar-refractivity contribution in [1.82, 2.24) is 10.2 Å². The summed E-state index contributed by atoms with van der Waals surface area (Å²) >= 11 is 0. The van der Waals surface area contributed by atoms with E-state index in [4.69, 9.17) is 9.15 Å². The van der Waals surface area contributed by atoms with Crippen LogP contribution in [0.5, 0.6) is 0 Å². The van der Waals surface area contributed by atoms with E-state index in [1.54, 1.807) is 13.4 Å². The first-order chi connectivity index (χ1) is 8.22. The lowest BCUT2D eigenvalue weighted by atomic mass is 10.2. The van der Waals surface area contributed by atoms with Crippen molar-refractivity contribution in [1.29, 1.82) is 0 Å². The van der Waals surface area contributed by atoms with Crippen LogP contribution < -0.4 is 5.32 Å². The Labute approximate surface area is 104 Å². The van der Waals surface area contributed by atoms with E-state index in [2.05, 4.69) is 24.1 Å². The highest BCUT2D eigenvalue weighted by atomic mass is 16.5. The molecule has 0 saturated carbocycles. The Morgan fingerprint density at radius 3 is 2.88 bits per heavy atom. The van der Waals surface area contributed by atoms with E-state index in [0.717, 1.165) is 32.0 Å². The quantitative estimate of drug-likeness (QED) is 0.752. The van der Waals surface area contributed by atoms with Gasteiger partial charge in [-0.15, -0.1) is 0 Å². The van der Waals surface area contributed by atoms with Crippen LogP contribution in [0.3, 0.4) is 0 Å². The molecule has 0 bridgehead atoms. The van der Waals surface area contributed by atoms with Crippen LogP contribution in [0.15, 0.2) is 16.7 Å². The minimum Gasteiger partial charge on any atom is -0.468 e. The van der Waals surface area contributed by atoms with E-state index in [1.165, 1.54) is 5.56 Å². The molecule has 1 unspecified atom stereocenters. The summed E-state index contributed by atoms with van der Waals surface area (Å²) in [4.78, 5) is 2.35. The Morgan fingerprint density at radius 2 is 2.29 bits per heavy atom. The second kappa shape index (κ2) is 7.48. The fraction of sp³-hybridized carbons (Fsp3) is 0.692. The molecule has 1 N–H and O–H groups in total. The average Bonchev–Trinajstić information content (AvgIpc) is 2.74. The van der Waals surface area contributed by atoms with Crippen molar-refractivity contribution in [2.24, 2.45) is 0 Å². The molecule has 0 spiro atoms. The van der Waals surface area contributed by atoms with Crippen molar-refractivity contribution < 1.29 is 9.15 Å². The first-order valence-electron chi connectivity index (χ1n) is 6.15. The number of hydrogen-bond acceptors (Lipinski definition) is 4. The molecule has 0 aliphatic rings. The summed E-state index contributed by atoms with van der Waals surface area (Å²) in [5, 5.41) is 3.15. The number of nitrogens with one attached hydrogen (secondary N) is 1. The van der Waals surface area contributed by atoms with Gasteiger partial charge in [0.1, 0.15) is 5.76 Å². The van der Waals surface area contributed by atoms with E-state index >= 15 is 0 Å². The number of nitrogens with zero attached hydrogens (tertiary/aromatic N) is 1. The number of hydrogen-bond donors (Lipinski definition) is 1. The molecule has 0 amide bonds. The summed E-state index contributed by atoms with van der Waals surface area (Å²) in [5.74, 6) is 1.05. The minimum atomic E-state index is 0.400. The first-order valence-corrected chi connectivity index (χ1v) is 6.15. The molecule has 4 heteroatoms. The molecule has 98 valence electrons. The predicted molar refractivity (Wildman–Crippen MR) is 68.9 cm³/mol. The molecule has 0 aliphatic carbocycles. The first kappa shape index (κ1) is 14.2. The number of ether oxygens (including phenoxy) is 1. The normalized spacial score (nSPS) is 13.2. The zero-order valence-corrected chi connectivity index (χ0v) is 11.3. The van der Waals surface area contributed by atoms with E-state index in [-0.39, 0.29) is 0 Å². The van der Waals surface area contributed by atoms with Gasteiger partial charge in [0.25, 0.3) is 0 Å². The van der Waals surface area contributed by atoms with Crippen LogP contribution in [0.4, 0.5) is 0 Å². The minimum absolute atomic E-state index is 0.400. The summed E-state index contributed by atoms with van der Waals surface area (Å²) in [6.07, 6.45) is 1.76. The van der Waals surface area contributed by atoms with E-state index in [9.17, 15) is 0 Å². The predicted octanol–water partition coefficient (Wildman–Crippen LogP) is 1.86. The number of rotatable bonds is 8. The molecule has 1 aromatic heterocycles. The third kappa shape index (κ3) is 4.15.